The predicted octanol–water partition coefficient (Wildman–Crippen LogP) is 3.17. The molecule has 2 rings (SSSR count). The molecule has 0 bridgehead atoms. The van der Waals surface area contributed by atoms with Gasteiger partial charge in [-0.05, 0) is 36.3 Å². The molecule has 0 aliphatic carbocycles. The highest BCUT2D eigenvalue weighted by molar-refractivity contribution is 7.71. The molecule has 0 radical (unpaired) electrons. The van der Waals surface area contributed by atoms with Gasteiger partial charge in [0.05, 0.1) is 20.8 Å². The quantitative estimate of drug-likeness (QED) is 0.854. The van der Waals surface area contributed by atoms with E-state index in [9.17, 15) is 0 Å². The van der Waals surface area contributed by atoms with Crippen LogP contribution in [0.25, 0.3) is 0 Å². The maximum atomic E-state index is 5.31. The minimum atomic E-state index is 0.728. The van der Waals surface area contributed by atoms with Crippen molar-refractivity contribution in [1.29, 1.82) is 0 Å². The first-order valence-electron chi connectivity index (χ1n) is 6.17. The second-order valence-corrected chi connectivity index (χ2v) is 4.60. The van der Waals surface area contributed by atoms with Crippen LogP contribution in [0.1, 0.15) is 18.2 Å². The lowest BCUT2D eigenvalue weighted by Crippen LogP contribution is -2.04. The van der Waals surface area contributed by atoms with Gasteiger partial charge in [-0.1, -0.05) is 13.0 Å². The van der Waals surface area contributed by atoms with Gasteiger partial charge in [0.15, 0.2) is 16.3 Å². The van der Waals surface area contributed by atoms with Gasteiger partial charge < -0.3 is 19.0 Å². The minimum Gasteiger partial charge on any atom is -0.493 e. The normalized spacial score (nSPS) is 10.5. The summed E-state index contributed by atoms with van der Waals surface area (Å²) in [5.74, 6) is 1.47. The molecule has 0 fully saturated rings. The second kappa shape index (κ2) is 5.93. The Bertz CT molecular complexity index is 616. The summed E-state index contributed by atoms with van der Waals surface area (Å²) in [4.78, 5) is 3.08. The third-order valence-corrected chi connectivity index (χ3v) is 3.44. The Hall–Kier alpha value is -1.75. The number of aryl methyl sites for hydroxylation is 1. The van der Waals surface area contributed by atoms with Gasteiger partial charge in [-0.25, -0.2) is 0 Å². The van der Waals surface area contributed by atoms with Crippen molar-refractivity contribution in [2.45, 2.75) is 19.9 Å². The Morgan fingerprint density at radius 1 is 1.21 bits per heavy atom. The first-order chi connectivity index (χ1) is 9.19. The fraction of sp³-hybridized carbons (Fsp3) is 0.357. The van der Waals surface area contributed by atoms with Gasteiger partial charge in [-0.2, -0.15) is 0 Å². The summed E-state index contributed by atoms with van der Waals surface area (Å²) in [7, 11) is 3.27. The summed E-state index contributed by atoms with van der Waals surface area (Å²) < 4.78 is 13.4. The van der Waals surface area contributed by atoms with E-state index in [4.69, 9.17) is 21.7 Å². The van der Waals surface area contributed by atoms with Crippen LogP contribution in [0.3, 0.4) is 0 Å². The van der Waals surface area contributed by atoms with Crippen LogP contribution >= 0.6 is 12.2 Å². The standard InChI is InChI=1S/C14H18N2O2S/c1-4-11-8-15-14(19)16(11)9-10-5-6-12(17-2)13(7-10)18-3/h5-8H,4,9H2,1-3H3,(H,15,19). The number of aromatic amines is 1. The van der Waals surface area contributed by atoms with Gasteiger partial charge >= 0.3 is 0 Å². The molecule has 5 heteroatoms. The maximum absolute atomic E-state index is 5.31. The number of nitrogens with zero attached hydrogens (tertiary/aromatic N) is 1. The SMILES string of the molecule is CCc1c[nH]c(=S)n1Cc1ccc(OC)c(OC)c1. The van der Waals surface area contributed by atoms with Crippen molar-refractivity contribution in [2.75, 3.05) is 14.2 Å². The number of nitrogens with one attached hydrogen (secondary N) is 1. The molecule has 1 aromatic heterocycles. The van der Waals surface area contributed by atoms with E-state index in [1.54, 1.807) is 14.2 Å². The molecule has 4 nitrogen and oxygen atoms in total. The number of aromatic nitrogens is 2. The van der Waals surface area contributed by atoms with Gasteiger partial charge in [-0.3, -0.25) is 0 Å². The largest absolute Gasteiger partial charge is 0.493 e. The highest BCUT2D eigenvalue weighted by Crippen LogP contribution is 2.28. The summed E-state index contributed by atoms with van der Waals surface area (Å²) in [5, 5.41) is 0. The summed E-state index contributed by atoms with van der Waals surface area (Å²) >= 11 is 5.30. The Morgan fingerprint density at radius 3 is 2.58 bits per heavy atom. The monoisotopic (exact) mass is 278 g/mol. The molecule has 0 saturated heterocycles. The van der Waals surface area contributed by atoms with Crippen molar-refractivity contribution in [3.8, 4) is 11.5 Å². The number of methoxy groups -OCH3 is 2. The van der Waals surface area contributed by atoms with Crippen molar-refractivity contribution in [3.05, 3.63) is 40.4 Å². The van der Waals surface area contributed by atoms with Gasteiger partial charge in [-0.15, -0.1) is 0 Å². The molecule has 0 spiro atoms. The molecule has 0 aliphatic rings. The van der Waals surface area contributed by atoms with Crippen LogP contribution in [0.5, 0.6) is 11.5 Å². The van der Waals surface area contributed by atoms with E-state index in [1.165, 1.54) is 5.69 Å². The molecule has 1 heterocycles. The minimum absolute atomic E-state index is 0.728. The highest BCUT2D eigenvalue weighted by atomic mass is 32.1. The fourth-order valence-corrected chi connectivity index (χ4v) is 2.30. The van der Waals surface area contributed by atoms with E-state index in [1.807, 2.05) is 24.4 Å². The number of H-pyrrole nitrogens is 1. The van der Waals surface area contributed by atoms with E-state index in [-0.39, 0.29) is 0 Å². The number of ether oxygens (including phenoxy) is 2. The average molecular weight is 278 g/mol. The van der Waals surface area contributed by atoms with E-state index < -0.39 is 0 Å². The molecule has 0 aliphatic heterocycles. The van der Waals surface area contributed by atoms with Crippen molar-refractivity contribution in [2.24, 2.45) is 0 Å². The van der Waals surface area contributed by atoms with Gasteiger partial charge in [0.25, 0.3) is 0 Å². The van der Waals surface area contributed by atoms with Crippen molar-refractivity contribution in [1.82, 2.24) is 9.55 Å². The molecular formula is C14H18N2O2S. The molecule has 19 heavy (non-hydrogen) atoms. The topological polar surface area (TPSA) is 39.2 Å². The molecule has 1 N–H and O–H groups in total. The van der Waals surface area contributed by atoms with Crippen molar-refractivity contribution >= 4 is 12.2 Å². The fourth-order valence-electron chi connectivity index (χ4n) is 2.06. The van der Waals surface area contributed by atoms with E-state index >= 15 is 0 Å². The Balaban J connectivity index is 2.33. The number of hydrogen-bond acceptors (Lipinski definition) is 3. The molecule has 102 valence electrons. The van der Waals surface area contributed by atoms with Crippen molar-refractivity contribution < 1.29 is 9.47 Å². The van der Waals surface area contributed by atoms with Crippen LogP contribution in [-0.2, 0) is 13.0 Å². The summed E-state index contributed by atoms with van der Waals surface area (Å²) in [6, 6.07) is 5.92. The molecule has 0 unspecified atom stereocenters. The highest BCUT2D eigenvalue weighted by Gasteiger charge is 2.07. The third kappa shape index (κ3) is 2.81. The smallest absolute Gasteiger partial charge is 0.177 e. The zero-order valence-electron chi connectivity index (χ0n) is 11.4. The molecule has 0 amide bonds. The Labute approximate surface area is 118 Å². The van der Waals surface area contributed by atoms with Crippen molar-refractivity contribution in [3.63, 3.8) is 0 Å². The van der Waals surface area contributed by atoms with Crippen LogP contribution < -0.4 is 9.47 Å². The number of rotatable bonds is 5. The van der Waals surface area contributed by atoms with Crippen LogP contribution in [-0.4, -0.2) is 23.8 Å². The molecule has 0 saturated carbocycles. The third-order valence-electron chi connectivity index (χ3n) is 3.10. The lowest BCUT2D eigenvalue weighted by atomic mass is 10.2. The number of imidazole rings is 1. The molecular weight excluding hydrogens is 260 g/mol. The van der Waals surface area contributed by atoms with Gasteiger partial charge in [0, 0.05) is 11.9 Å². The van der Waals surface area contributed by atoms with Gasteiger partial charge in [0.2, 0.25) is 0 Å². The lowest BCUT2D eigenvalue weighted by Gasteiger charge is -2.11. The summed E-state index contributed by atoms with van der Waals surface area (Å²) in [6.45, 7) is 2.84. The maximum Gasteiger partial charge on any atom is 0.177 e. The lowest BCUT2D eigenvalue weighted by molar-refractivity contribution is 0.354. The van der Waals surface area contributed by atoms with E-state index in [0.717, 1.165) is 34.8 Å². The molecule has 2 aromatic rings. The van der Waals surface area contributed by atoms with Crippen LogP contribution in [0.4, 0.5) is 0 Å². The predicted molar refractivity (Wildman–Crippen MR) is 77.6 cm³/mol. The number of benzene rings is 1. The summed E-state index contributed by atoms with van der Waals surface area (Å²) in [5.41, 5.74) is 2.32. The molecule has 0 atom stereocenters. The second-order valence-electron chi connectivity index (χ2n) is 4.21. The zero-order chi connectivity index (χ0) is 13.8. The van der Waals surface area contributed by atoms with Crippen LogP contribution in [0.15, 0.2) is 24.4 Å². The first kappa shape index (κ1) is 13.7. The van der Waals surface area contributed by atoms with Crippen LogP contribution in [0, 0.1) is 4.77 Å². The Kier molecular flexibility index (Phi) is 4.27. The number of hydrogen-bond donors (Lipinski definition) is 1. The Morgan fingerprint density at radius 2 is 1.95 bits per heavy atom. The molecule has 1 aromatic carbocycles. The average Bonchev–Trinajstić information content (AvgIpc) is 2.79. The van der Waals surface area contributed by atoms with Gasteiger partial charge in [0.1, 0.15) is 0 Å². The summed E-state index contributed by atoms with van der Waals surface area (Å²) in [6.07, 6.45) is 2.91. The van der Waals surface area contributed by atoms with Crippen LogP contribution in [0.2, 0.25) is 0 Å². The zero-order valence-corrected chi connectivity index (χ0v) is 12.2. The van der Waals surface area contributed by atoms with E-state index in [0.29, 0.717) is 0 Å². The van der Waals surface area contributed by atoms with E-state index in [2.05, 4.69) is 16.5 Å². The first-order valence-corrected chi connectivity index (χ1v) is 6.58.